The third-order valence-corrected chi connectivity index (χ3v) is 3.45. The number of anilines is 2. The van der Waals surface area contributed by atoms with Crippen LogP contribution in [0.1, 0.15) is 15.9 Å². The number of nitrogens with zero attached hydrogens (tertiary/aromatic N) is 1. The van der Waals surface area contributed by atoms with E-state index in [1.54, 1.807) is 30.3 Å². The average molecular weight is 343 g/mol. The molecule has 0 bridgehead atoms. The van der Waals surface area contributed by atoms with Crippen molar-refractivity contribution in [3.8, 4) is 6.07 Å². The van der Waals surface area contributed by atoms with Crippen LogP contribution in [0.5, 0.6) is 0 Å². The standard InChI is InChI=1S/C17H15ClN4O2/c1-20-17(24)13-4-2-3-5-14(13)21-10-16(23)22-15-8-12(18)7-6-11(15)9-19/h2-8,21H,10H2,1H3,(H,20,24)(H,22,23). The smallest absolute Gasteiger partial charge is 0.253 e. The molecule has 3 N–H and O–H groups in total. The highest BCUT2D eigenvalue weighted by atomic mass is 35.5. The number of hydrogen-bond donors (Lipinski definition) is 3. The van der Waals surface area contributed by atoms with Crippen molar-refractivity contribution in [2.24, 2.45) is 0 Å². The van der Waals surface area contributed by atoms with Crippen LogP contribution in [0.15, 0.2) is 42.5 Å². The molecule has 2 aromatic rings. The second-order valence-corrected chi connectivity index (χ2v) is 5.26. The summed E-state index contributed by atoms with van der Waals surface area (Å²) in [7, 11) is 1.54. The molecule has 0 saturated carbocycles. The average Bonchev–Trinajstić information content (AvgIpc) is 2.59. The summed E-state index contributed by atoms with van der Waals surface area (Å²) in [5, 5.41) is 17.5. The predicted molar refractivity (Wildman–Crippen MR) is 93.1 cm³/mol. The first-order valence-electron chi connectivity index (χ1n) is 7.09. The van der Waals surface area contributed by atoms with E-state index >= 15 is 0 Å². The predicted octanol–water partition coefficient (Wildman–Crippen LogP) is 2.62. The SMILES string of the molecule is CNC(=O)c1ccccc1NCC(=O)Nc1cc(Cl)ccc1C#N. The molecular formula is C17H15ClN4O2. The zero-order valence-corrected chi connectivity index (χ0v) is 13.6. The van der Waals surface area contributed by atoms with Crippen molar-refractivity contribution in [3.05, 3.63) is 58.6 Å². The number of benzene rings is 2. The Labute approximate surface area is 144 Å². The van der Waals surface area contributed by atoms with Crippen LogP contribution in [0, 0.1) is 11.3 Å². The Morgan fingerprint density at radius 2 is 1.92 bits per heavy atom. The normalized spacial score (nSPS) is 9.71. The van der Waals surface area contributed by atoms with Crippen molar-refractivity contribution in [2.45, 2.75) is 0 Å². The summed E-state index contributed by atoms with van der Waals surface area (Å²) in [6.07, 6.45) is 0. The molecule has 0 aromatic heterocycles. The highest BCUT2D eigenvalue weighted by Gasteiger charge is 2.11. The fourth-order valence-electron chi connectivity index (χ4n) is 2.06. The van der Waals surface area contributed by atoms with Gasteiger partial charge in [0.1, 0.15) is 6.07 Å². The van der Waals surface area contributed by atoms with Gasteiger partial charge < -0.3 is 16.0 Å². The van der Waals surface area contributed by atoms with Crippen molar-refractivity contribution in [3.63, 3.8) is 0 Å². The fraction of sp³-hybridized carbons (Fsp3) is 0.118. The van der Waals surface area contributed by atoms with Crippen LogP contribution in [-0.2, 0) is 4.79 Å². The zero-order valence-electron chi connectivity index (χ0n) is 12.9. The number of carbonyl (C=O) groups is 2. The topological polar surface area (TPSA) is 94.0 Å². The monoisotopic (exact) mass is 342 g/mol. The fourth-order valence-corrected chi connectivity index (χ4v) is 2.23. The highest BCUT2D eigenvalue weighted by molar-refractivity contribution is 6.31. The maximum Gasteiger partial charge on any atom is 0.253 e. The minimum atomic E-state index is -0.361. The van der Waals surface area contributed by atoms with E-state index in [4.69, 9.17) is 16.9 Å². The molecule has 7 heteroatoms. The van der Waals surface area contributed by atoms with Gasteiger partial charge in [-0.25, -0.2) is 0 Å². The number of nitriles is 1. The molecule has 24 heavy (non-hydrogen) atoms. The second-order valence-electron chi connectivity index (χ2n) is 4.83. The number of amides is 2. The largest absolute Gasteiger partial charge is 0.376 e. The number of carbonyl (C=O) groups excluding carboxylic acids is 2. The Hall–Kier alpha value is -3.04. The summed E-state index contributed by atoms with van der Waals surface area (Å²) in [6.45, 7) is -0.0641. The Morgan fingerprint density at radius 3 is 2.62 bits per heavy atom. The molecule has 122 valence electrons. The van der Waals surface area contributed by atoms with E-state index in [2.05, 4.69) is 16.0 Å². The van der Waals surface area contributed by atoms with Crippen LogP contribution >= 0.6 is 11.6 Å². The number of rotatable bonds is 5. The molecule has 0 aliphatic carbocycles. The van der Waals surface area contributed by atoms with Gasteiger partial charge in [0.05, 0.1) is 23.4 Å². The molecule has 0 radical (unpaired) electrons. The molecule has 0 fully saturated rings. The molecule has 6 nitrogen and oxygen atoms in total. The third-order valence-electron chi connectivity index (χ3n) is 3.21. The lowest BCUT2D eigenvalue weighted by Gasteiger charge is -2.12. The Balaban J connectivity index is 2.06. The van der Waals surface area contributed by atoms with Gasteiger partial charge in [-0.05, 0) is 30.3 Å². The lowest BCUT2D eigenvalue weighted by atomic mass is 10.1. The van der Waals surface area contributed by atoms with E-state index in [0.29, 0.717) is 27.5 Å². The van der Waals surface area contributed by atoms with E-state index < -0.39 is 0 Å². The second kappa shape index (κ2) is 7.99. The summed E-state index contributed by atoms with van der Waals surface area (Å²) < 4.78 is 0. The van der Waals surface area contributed by atoms with Crippen LogP contribution in [-0.4, -0.2) is 25.4 Å². The first-order chi connectivity index (χ1) is 11.5. The molecule has 0 atom stereocenters. The van der Waals surface area contributed by atoms with Gasteiger partial charge in [0.25, 0.3) is 5.91 Å². The quantitative estimate of drug-likeness (QED) is 0.778. The Morgan fingerprint density at radius 1 is 1.17 bits per heavy atom. The van der Waals surface area contributed by atoms with Gasteiger partial charge in [0.15, 0.2) is 0 Å². The molecule has 0 aliphatic heterocycles. The lowest BCUT2D eigenvalue weighted by Crippen LogP contribution is -2.24. The van der Waals surface area contributed by atoms with Crippen LogP contribution in [0.3, 0.4) is 0 Å². The van der Waals surface area contributed by atoms with E-state index in [-0.39, 0.29) is 18.4 Å². The highest BCUT2D eigenvalue weighted by Crippen LogP contribution is 2.20. The molecule has 2 amide bonds. The van der Waals surface area contributed by atoms with Crippen LogP contribution < -0.4 is 16.0 Å². The molecular weight excluding hydrogens is 328 g/mol. The maximum absolute atomic E-state index is 12.1. The zero-order chi connectivity index (χ0) is 17.5. The molecule has 2 aromatic carbocycles. The van der Waals surface area contributed by atoms with Gasteiger partial charge in [-0.3, -0.25) is 9.59 Å². The van der Waals surface area contributed by atoms with Crippen molar-refractivity contribution < 1.29 is 9.59 Å². The molecule has 0 aliphatic rings. The molecule has 0 spiro atoms. The lowest BCUT2D eigenvalue weighted by molar-refractivity contribution is -0.114. The van der Waals surface area contributed by atoms with Crippen molar-refractivity contribution in [1.29, 1.82) is 5.26 Å². The van der Waals surface area contributed by atoms with Gasteiger partial charge >= 0.3 is 0 Å². The first kappa shape index (κ1) is 17.3. The van der Waals surface area contributed by atoms with Crippen LogP contribution in [0.4, 0.5) is 11.4 Å². The van der Waals surface area contributed by atoms with Crippen LogP contribution in [0.25, 0.3) is 0 Å². The summed E-state index contributed by atoms with van der Waals surface area (Å²) in [4.78, 5) is 23.9. The van der Waals surface area contributed by atoms with Crippen molar-refractivity contribution in [2.75, 3.05) is 24.2 Å². The van der Waals surface area contributed by atoms with Gasteiger partial charge in [0, 0.05) is 17.8 Å². The summed E-state index contributed by atoms with van der Waals surface area (Å²) in [5.41, 5.74) is 1.64. The van der Waals surface area contributed by atoms with E-state index in [1.165, 1.54) is 19.2 Å². The number of para-hydroxylation sites is 1. The Bertz CT molecular complexity index is 814. The van der Waals surface area contributed by atoms with E-state index in [9.17, 15) is 9.59 Å². The number of hydrogen-bond acceptors (Lipinski definition) is 4. The van der Waals surface area contributed by atoms with Crippen molar-refractivity contribution >= 4 is 34.8 Å². The first-order valence-corrected chi connectivity index (χ1v) is 7.47. The van der Waals surface area contributed by atoms with Gasteiger partial charge in [-0.2, -0.15) is 5.26 Å². The summed E-state index contributed by atoms with van der Waals surface area (Å²) >= 11 is 5.88. The summed E-state index contributed by atoms with van der Waals surface area (Å²) in [5.74, 6) is -0.611. The van der Waals surface area contributed by atoms with Gasteiger partial charge in [-0.1, -0.05) is 23.7 Å². The minimum Gasteiger partial charge on any atom is -0.376 e. The number of halogens is 1. The third kappa shape index (κ3) is 4.24. The molecule has 0 heterocycles. The van der Waals surface area contributed by atoms with Gasteiger partial charge in [0.2, 0.25) is 5.91 Å². The Kier molecular flexibility index (Phi) is 5.77. The number of nitrogens with one attached hydrogen (secondary N) is 3. The molecule has 2 rings (SSSR count). The molecule has 0 unspecified atom stereocenters. The maximum atomic E-state index is 12.1. The summed E-state index contributed by atoms with van der Waals surface area (Å²) in [6, 6.07) is 13.5. The van der Waals surface area contributed by atoms with Gasteiger partial charge in [-0.15, -0.1) is 0 Å². The van der Waals surface area contributed by atoms with Crippen LogP contribution in [0.2, 0.25) is 5.02 Å². The minimum absolute atomic E-state index is 0.0641. The van der Waals surface area contributed by atoms with E-state index in [0.717, 1.165) is 0 Å². The van der Waals surface area contributed by atoms with Crippen molar-refractivity contribution in [1.82, 2.24) is 5.32 Å². The molecule has 0 saturated heterocycles. The van der Waals surface area contributed by atoms with E-state index in [1.807, 2.05) is 6.07 Å².